The number of rotatable bonds is 4. The second kappa shape index (κ2) is 7.28. The van der Waals surface area contributed by atoms with Crippen LogP contribution in [0.4, 0.5) is 13.2 Å². The minimum atomic E-state index is -4.49. The van der Waals surface area contributed by atoms with Crippen molar-refractivity contribution in [3.8, 4) is 22.6 Å². The molecule has 30 heavy (non-hydrogen) atoms. The minimum Gasteiger partial charge on any atom is -0.455 e. The molecule has 2 aliphatic heterocycles. The van der Waals surface area contributed by atoms with Crippen LogP contribution in [0.3, 0.4) is 0 Å². The lowest BCUT2D eigenvalue weighted by Gasteiger charge is -2.10. The molecule has 0 saturated carbocycles. The van der Waals surface area contributed by atoms with Gasteiger partial charge in [0.05, 0.1) is 5.56 Å². The lowest BCUT2D eigenvalue weighted by molar-refractivity contribution is -0.137. The van der Waals surface area contributed by atoms with Gasteiger partial charge in [0.15, 0.2) is 0 Å². The van der Waals surface area contributed by atoms with Crippen molar-refractivity contribution in [2.45, 2.75) is 25.6 Å². The third-order valence-electron chi connectivity index (χ3n) is 4.87. The number of benzene rings is 2. The molecule has 1 unspecified atom stereocenters. The number of aromatic nitrogens is 2. The van der Waals surface area contributed by atoms with E-state index in [0.29, 0.717) is 11.0 Å². The topological polar surface area (TPSA) is 65.1 Å². The highest BCUT2D eigenvalue weighted by atomic mass is 35.5. The summed E-state index contributed by atoms with van der Waals surface area (Å²) in [4.78, 5) is 24.9. The molecular weight excluding hydrogens is 421 g/mol. The van der Waals surface area contributed by atoms with Gasteiger partial charge in [0, 0.05) is 10.9 Å². The summed E-state index contributed by atoms with van der Waals surface area (Å²) in [6.45, 7) is 1.69. The summed E-state index contributed by atoms with van der Waals surface area (Å²) in [5.41, 5.74) is -0.385. The van der Waals surface area contributed by atoms with Gasteiger partial charge in [-0.3, -0.25) is 9.59 Å². The van der Waals surface area contributed by atoms with Crippen LogP contribution in [0.5, 0.6) is 0 Å². The number of hydrogen-bond acceptors (Lipinski definition) is 4. The molecule has 0 N–H and O–H groups in total. The molecule has 0 spiro atoms. The number of fused-ring (bicyclic) bond motifs is 3. The second-order valence-corrected chi connectivity index (χ2v) is 7.08. The Balaban J connectivity index is 2.03. The molecule has 0 fully saturated rings. The maximum atomic E-state index is 13.1. The molecule has 0 bridgehead atoms. The molecule has 0 aliphatic carbocycles. The van der Waals surface area contributed by atoms with Gasteiger partial charge in [-0.15, -0.1) is 0 Å². The summed E-state index contributed by atoms with van der Waals surface area (Å²) in [7, 11) is 0. The summed E-state index contributed by atoms with van der Waals surface area (Å²) in [6.07, 6.45) is -4.24. The largest absolute Gasteiger partial charge is 0.455 e. The number of nitrogens with zero attached hydrogens (tertiary/aromatic N) is 2. The van der Waals surface area contributed by atoms with E-state index >= 15 is 0 Å². The van der Waals surface area contributed by atoms with E-state index in [1.165, 1.54) is 12.1 Å². The molecule has 0 aromatic heterocycles. The maximum absolute atomic E-state index is 13.1. The Morgan fingerprint density at radius 1 is 1.17 bits per heavy atom. The Labute approximate surface area is 173 Å². The Kier molecular flexibility index (Phi) is 4.89. The number of para-hydroxylation sites is 1. The van der Waals surface area contributed by atoms with Crippen molar-refractivity contribution in [1.29, 1.82) is 0 Å². The van der Waals surface area contributed by atoms with Crippen LogP contribution < -0.4 is 5.56 Å². The first-order valence-corrected chi connectivity index (χ1v) is 9.41. The highest BCUT2D eigenvalue weighted by molar-refractivity contribution is 6.64. The molecular formula is C21H14ClF3N2O3. The fourth-order valence-corrected chi connectivity index (χ4v) is 3.63. The van der Waals surface area contributed by atoms with Crippen LogP contribution in [-0.2, 0) is 11.0 Å². The molecule has 0 amide bonds. The normalized spacial score (nSPS) is 13.1. The number of alkyl halides is 3. The lowest BCUT2D eigenvalue weighted by Crippen LogP contribution is -2.26. The first-order chi connectivity index (χ1) is 14.2. The van der Waals surface area contributed by atoms with E-state index in [1.807, 2.05) is 0 Å². The van der Waals surface area contributed by atoms with Gasteiger partial charge in [-0.25, -0.2) is 4.68 Å². The second-order valence-electron chi connectivity index (χ2n) is 6.70. The molecule has 0 radical (unpaired) electrons. The quantitative estimate of drug-likeness (QED) is 0.398. The predicted octanol–water partition coefficient (Wildman–Crippen LogP) is 5.50. The molecule has 9 heteroatoms. The van der Waals surface area contributed by atoms with Gasteiger partial charge in [-0.2, -0.15) is 18.3 Å². The molecule has 4 rings (SSSR count). The molecule has 2 aromatic carbocycles. The summed E-state index contributed by atoms with van der Waals surface area (Å²) in [6, 6.07) is 10.2. The third-order valence-corrected chi connectivity index (χ3v) is 5.12. The molecule has 2 heterocycles. The maximum Gasteiger partial charge on any atom is 0.416 e. The van der Waals surface area contributed by atoms with Crippen molar-refractivity contribution in [2.24, 2.45) is 0 Å². The van der Waals surface area contributed by atoms with Gasteiger partial charge >= 0.3 is 6.18 Å². The van der Waals surface area contributed by atoms with Crippen molar-refractivity contribution >= 4 is 27.8 Å². The van der Waals surface area contributed by atoms with E-state index in [4.69, 9.17) is 16.0 Å². The predicted molar refractivity (Wildman–Crippen MR) is 106 cm³/mol. The Hall–Kier alpha value is -3.13. The SMILES string of the molecule is CCC(C(=O)Cl)n1nc2c3ccccc3oc(-c3ccc(C(F)(F)F)cc3)c-2c1=O. The van der Waals surface area contributed by atoms with E-state index in [2.05, 4.69) is 5.10 Å². The van der Waals surface area contributed by atoms with Crippen molar-refractivity contribution in [3.63, 3.8) is 0 Å². The summed E-state index contributed by atoms with van der Waals surface area (Å²) < 4.78 is 45.7. The summed E-state index contributed by atoms with van der Waals surface area (Å²) in [5, 5.41) is 4.14. The standard InChI is InChI=1S/C21H14ClF3N2O3/c1-2-14(19(22)28)27-20(29)16-17(26-27)13-5-3-4-6-15(13)30-18(16)11-7-9-12(10-8-11)21(23,24)25/h3-10,14H,2H2,1H3. The zero-order valence-electron chi connectivity index (χ0n) is 15.5. The minimum absolute atomic E-state index is 0.0739. The first-order valence-electron chi connectivity index (χ1n) is 9.03. The fraction of sp³-hybridized carbons (Fsp3) is 0.190. The summed E-state index contributed by atoms with van der Waals surface area (Å²) >= 11 is 5.64. The smallest absolute Gasteiger partial charge is 0.416 e. The van der Waals surface area contributed by atoms with Crippen molar-refractivity contribution < 1.29 is 22.4 Å². The van der Waals surface area contributed by atoms with Crippen LogP contribution in [0.2, 0.25) is 0 Å². The average molecular weight is 435 g/mol. The zero-order valence-corrected chi connectivity index (χ0v) is 16.3. The van der Waals surface area contributed by atoms with Crippen LogP contribution in [-0.4, -0.2) is 15.0 Å². The van der Waals surface area contributed by atoms with E-state index in [0.717, 1.165) is 16.8 Å². The van der Waals surface area contributed by atoms with Crippen LogP contribution in [0, 0.1) is 0 Å². The molecule has 154 valence electrons. The van der Waals surface area contributed by atoms with E-state index in [9.17, 15) is 22.8 Å². The van der Waals surface area contributed by atoms with Crippen molar-refractivity contribution in [1.82, 2.24) is 9.78 Å². The average Bonchev–Trinajstić information content (AvgIpc) is 3.05. The summed E-state index contributed by atoms with van der Waals surface area (Å²) in [5.74, 6) is 0.0746. The van der Waals surface area contributed by atoms with E-state index in [1.54, 1.807) is 31.2 Å². The van der Waals surface area contributed by atoms with E-state index < -0.39 is 28.6 Å². The van der Waals surface area contributed by atoms with E-state index in [-0.39, 0.29) is 29.0 Å². The molecule has 2 aromatic rings. The van der Waals surface area contributed by atoms with Gasteiger partial charge in [0.1, 0.15) is 28.6 Å². The molecule has 5 nitrogen and oxygen atoms in total. The third kappa shape index (κ3) is 3.27. The monoisotopic (exact) mass is 434 g/mol. The Bertz CT molecular complexity index is 1280. The Morgan fingerprint density at radius 2 is 1.83 bits per heavy atom. The molecule has 1 atom stereocenters. The number of carbonyl (C=O) groups excluding carboxylic acids is 1. The van der Waals surface area contributed by atoms with Crippen molar-refractivity contribution in [2.75, 3.05) is 0 Å². The number of hydrogen-bond donors (Lipinski definition) is 0. The highest BCUT2D eigenvalue weighted by Gasteiger charge is 2.32. The van der Waals surface area contributed by atoms with Gasteiger partial charge in [0.2, 0.25) is 5.24 Å². The van der Waals surface area contributed by atoms with Crippen LogP contribution >= 0.6 is 11.6 Å². The van der Waals surface area contributed by atoms with Gasteiger partial charge in [0.25, 0.3) is 5.56 Å². The molecule has 2 aliphatic rings. The Morgan fingerprint density at radius 3 is 2.43 bits per heavy atom. The molecule has 0 saturated heterocycles. The number of halogens is 4. The fourth-order valence-electron chi connectivity index (χ4n) is 3.38. The van der Waals surface area contributed by atoms with Crippen LogP contribution in [0.1, 0.15) is 24.9 Å². The highest BCUT2D eigenvalue weighted by Crippen LogP contribution is 2.38. The number of carbonyl (C=O) groups is 1. The first kappa shape index (κ1) is 20.2. The zero-order chi connectivity index (χ0) is 21.6. The van der Waals surface area contributed by atoms with Crippen LogP contribution in [0.25, 0.3) is 33.6 Å². The van der Waals surface area contributed by atoms with Gasteiger partial charge in [-0.1, -0.05) is 31.2 Å². The lowest BCUT2D eigenvalue weighted by atomic mass is 10.0. The van der Waals surface area contributed by atoms with Gasteiger partial charge in [-0.05, 0) is 42.3 Å². The van der Waals surface area contributed by atoms with Crippen molar-refractivity contribution in [3.05, 3.63) is 64.4 Å². The van der Waals surface area contributed by atoms with Gasteiger partial charge < -0.3 is 4.42 Å². The van der Waals surface area contributed by atoms with Crippen LogP contribution in [0.15, 0.2) is 57.7 Å².